The molecule has 1 aliphatic rings. The molecule has 1 rings (SSSR count). The molecule has 1 aliphatic heterocycles. The van der Waals surface area contributed by atoms with Crippen molar-refractivity contribution in [2.75, 3.05) is 13.1 Å². The molecule has 2 atom stereocenters. The van der Waals surface area contributed by atoms with Crippen LogP contribution >= 0.6 is 12.8 Å². The highest BCUT2D eigenvalue weighted by molar-refractivity contribution is 7.77. The second kappa shape index (κ2) is 2.93. The van der Waals surface area contributed by atoms with E-state index >= 15 is 0 Å². The maximum atomic E-state index is 4.31. The number of hydrogen-bond acceptors (Lipinski definition) is 2. The Morgan fingerprint density at radius 2 is 1.67 bits per heavy atom. The van der Waals surface area contributed by atoms with Gasteiger partial charge in [-0.3, -0.25) is 4.31 Å². The maximum Gasteiger partial charge on any atom is 0.0113 e. The van der Waals surface area contributed by atoms with Crippen LogP contribution in [0.2, 0.25) is 0 Å². The van der Waals surface area contributed by atoms with Crippen LogP contribution in [0.1, 0.15) is 20.3 Å². The first-order valence-electron chi connectivity index (χ1n) is 3.62. The van der Waals surface area contributed by atoms with Gasteiger partial charge in [-0.25, -0.2) is 0 Å². The van der Waals surface area contributed by atoms with Crippen molar-refractivity contribution in [1.82, 2.24) is 4.31 Å². The Morgan fingerprint density at radius 1 is 1.22 bits per heavy atom. The van der Waals surface area contributed by atoms with Crippen molar-refractivity contribution in [3.63, 3.8) is 0 Å². The highest BCUT2D eigenvalue weighted by Gasteiger charge is 2.18. The lowest BCUT2D eigenvalue weighted by Crippen LogP contribution is -2.32. The van der Waals surface area contributed by atoms with Crippen molar-refractivity contribution in [1.29, 1.82) is 0 Å². The van der Waals surface area contributed by atoms with Crippen LogP contribution in [0, 0.1) is 11.8 Å². The Balaban J connectivity index is 2.34. The van der Waals surface area contributed by atoms with Crippen LogP contribution in [0.15, 0.2) is 0 Å². The van der Waals surface area contributed by atoms with Crippen molar-refractivity contribution in [2.24, 2.45) is 11.8 Å². The van der Waals surface area contributed by atoms with E-state index in [1.54, 1.807) is 0 Å². The van der Waals surface area contributed by atoms with Crippen LogP contribution < -0.4 is 0 Å². The Labute approximate surface area is 63.0 Å². The van der Waals surface area contributed by atoms with Crippen molar-refractivity contribution in [3.05, 3.63) is 0 Å². The highest BCUT2D eigenvalue weighted by atomic mass is 32.1. The summed E-state index contributed by atoms with van der Waals surface area (Å²) in [5.74, 6) is 1.68. The highest BCUT2D eigenvalue weighted by Crippen LogP contribution is 2.21. The van der Waals surface area contributed by atoms with Gasteiger partial charge in [0.1, 0.15) is 0 Å². The zero-order valence-electron chi connectivity index (χ0n) is 6.17. The molecule has 1 fully saturated rings. The number of thiol groups is 1. The van der Waals surface area contributed by atoms with E-state index in [0.29, 0.717) is 0 Å². The number of nitrogens with zero attached hydrogens (tertiary/aromatic N) is 1. The van der Waals surface area contributed by atoms with Crippen LogP contribution in [0.5, 0.6) is 0 Å². The van der Waals surface area contributed by atoms with E-state index in [-0.39, 0.29) is 0 Å². The molecule has 0 aromatic rings. The molecule has 9 heavy (non-hydrogen) atoms. The van der Waals surface area contributed by atoms with Gasteiger partial charge in [-0.15, -0.1) is 0 Å². The molecule has 1 heterocycles. The molecule has 0 aromatic carbocycles. The predicted molar refractivity (Wildman–Crippen MR) is 43.5 cm³/mol. The first-order valence-corrected chi connectivity index (χ1v) is 4.02. The van der Waals surface area contributed by atoms with Gasteiger partial charge in [-0.05, 0) is 18.3 Å². The van der Waals surface area contributed by atoms with Crippen LogP contribution in [0.3, 0.4) is 0 Å². The average Bonchev–Trinajstić information content (AvgIpc) is 1.59. The van der Waals surface area contributed by atoms with Crippen LogP contribution in [-0.2, 0) is 0 Å². The van der Waals surface area contributed by atoms with Gasteiger partial charge >= 0.3 is 0 Å². The summed E-state index contributed by atoms with van der Waals surface area (Å²) in [5, 5.41) is 0. The summed E-state index contributed by atoms with van der Waals surface area (Å²) >= 11 is 4.31. The predicted octanol–water partition coefficient (Wildman–Crippen LogP) is 1.81. The summed E-state index contributed by atoms with van der Waals surface area (Å²) in [7, 11) is 0. The molecule has 2 heteroatoms. The molecule has 1 nitrogen and oxygen atoms in total. The smallest absolute Gasteiger partial charge is 0.0113 e. The van der Waals surface area contributed by atoms with E-state index in [2.05, 4.69) is 31.0 Å². The molecule has 0 unspecified atom stereocenters. The summed E-state index contributed by atoms with van der Waals surface area (Å²) in [6.07, 6.45) is 1.37. The standard InChI is InChI=1S/C7H15NS/c1-6-3-7(2)5-8(9)4-6/h6-7,9H,3-5H2,1-2H3/t6-,7+. The third kappa shape index (κ3) is 2.18. The van der Waals surface area contributed by atoms with Crippen molar-refractivity contribution in [2.45, 2.75) is 20.3 Å². The Hall–Kier alpha value is 0.310. The molecule has 0 bridgehead atoms. The van der Waals surface area contributed by atoms with Crippen LogP contribution in [0.25, 0.3) is 0 Å². The van der Waals surface area contributed by atoms with Gasteiger partial charge < -0.3 is 0 Å². The molecule has 0 saturated carbocycles. The lowest BCUT2D eigenvalue weighted by molar-refractivity contribution is 0.239. The first kappa shape index (κ1) is 7.42. The zero-order valence-corrected chi connectivity index (χ0v) is 7.06. The SMILES string of the molecule is C[C@@H]1C[C@H](C)CN(S)C1. The second-order valence-corrected chi connectivity index (χ2v) is 3.88. The van der Waals surface area contributed by atoms with Crippen molar-refractivity contribution < 1.29 is 0 Å². The topological polar surface area (TPSA) is 3.24 Å². The summed E-state index contributed by atoms with van der Waals surface area (Å²) in [6.45, 7) is 6.90. The molecule has 1 saturated heterocycles. The molecule has 0 aromatic heterocycles. The normalized spacial score (nSPS) is 39.0. The largest absolute Gasteiger partial charge is 0.253 e. The van der Waals surface area contributed by atoms with Crippen molar-refractivity contribution >= 4 is 12.8 Å². The molecule has 0 radical (unpaired) electrons. The fourth-order valence-electron chi connectivity index (χ4n) is 1.63. The molecule has 54 valence electrons. The van der Waals surface area contributed by atoms with Gasteiger partial charge in [-0.1, -0.05) is 26.7 Å². The summed E-state index contributed by atoms with van der Waals surface area (Å²) in [6, 6.07) is 0. The summed E-state index contributed by atoms with van der Waals surface area (Å²) in [5.41, 5.74) is 0. The monoisotopic (exact) mass is 145 g/mol. The van der Waals surface area contributed by atoms with Gasteiger partial charge in [-0.2, -0.15) is 0 Å². The fraction of sp³-hybridized carbons (Fsp3) is 1.00. The fourth-order valence-corrected chi connectivity index (χ4v) is 2.19. The number of hydrogen-bond donors (Lipinski definition) is 1. The number of rotatable bonds is 0. The van der Waals surface area contributed by atoms with Crippen molar-refractivity contribution in [3.8, 4) is 0 Å². The van der Waals surface area contributed by atoms with E-state index in [1.165, 1.54) is 6.42 Å². The molecule has 0 spiro atoms. The van der Waals surface area contributed by atoms with Gasteiger partial charge in [0.25, 0.3) is 0 Å². The summed E-state index contributed by atoms with van der Waals surface area (Å²) in [4.78, 5) is 0. The minimum absolute atomic E-state index is 0.839. The first-order chi connectivity index (χ1) is 4.18. The second-order valence-electron chi connectivity index (χ2n) is 3.32. The lowest BCUT2D eigenvalue weighted by atomic mass is 9.94. The molecular formula is C7H15NS. The Morgan fingerprint density at radius 3 is 2.00 bits per heavy atom. The molecule has 0 N–H and O–H groups in total. The van der Waals surface area contributed by atoms with E-state index < -0.39 is 0 Å². The minimum Gasteiger partial charge on any atom is -0.253 e. The third-order valence-electron chi connectivity index (χ3n) is 1.85. The lowest BCUT2D eigenvalue weighted by Gasteiger charge is -2.30. The average molecular weight is 145 g/mol. The van der Waals surface area contributed by atoms with Crippen LogP contribution in [0.4, 0.5) is 0 Å². The van der Waals surface area contributed by atoms with Gasteiger partial charge in [0.05, 0.1) is 0 Å². The molecule has 0 amide bonds. The van der Waals surface area contributed by atoms with E-state index in [9.17, 15) is 0 Å². The Kier molecular flexibility index (Phi) is 2.42. The third-order valence-corrected chi connectivity index (χ3v) is 2.18. The van der Waals surface area contributed by atoms with E-state index in [4.69, 9.17) is 0 Å². The maximum absolute atomic E-state index is 4.31. The van der Waals surface area contributed by atoms with Gasteiger partial charge in [0.2, 0.25) is 0 Å². The summed E-state index contributed by atoms with van der Waals surface area (Å²) < 4.78 is 2.12. The van der Waals surface area contributed by atoms with Gasteiger partial charge in [0.15, 0.2) is 0 Å². The quantitative estimate of drug-likeness (QED) is 0.509. The minimum atomic E-state index is 0.839. The number of piperidine rings is 1. The van der Waals surface area contributed by atoms with E-state index in [0.717, 1.165) is 24.9 Å². The van der Waals surface area contributed by atoms with Gasteiger partial charge in [0, 0.05) is 13.1 Å². The molecular weight excluding hydrogens is 130 g/mol. The Bertz CT molecular complexity index is 69.9. The van der Waals surface area contributed by atoms with Crippen LogP contribution in [-0.4, -0.2) is 17.4 Å². The molecule has 0 aliphatic carbocycles. The van der Waals surface area contributed by atoms with E-state index in [1.807, 2.05) is 0 Å². The zero-order chi connectivity index (χ0) is 6.85.